The van der Waals surface area contributed by atoms with E-state index in [1.807, 2.05) is 0 Å². The molecular formula is C11H17NO6S2. The number of thioether (sulfide) groups is 1. The van der Waals surface area contributed by atoms with Crippen LogP contribution in [0.1, 0.15) is 12.8 Å². The lowest BCUT2D eigenvalue weighted by Crippen LogP contribution is -2.53. The van der Waals surface area contributed by atoms with E-state index in [0.29, 0.717) is 24.5 Å². The van der Waals surface area contributed by atoms with Crippen molar-refractivity contribution in [1.82, 2.24) is 4.90 Å². The van der Waals surface area contributed by atoms with Gasteiger partial charge in [0.25, 0.3) is 5.91 Å². The third kappa shape index (κ3) is 3.26. The topological polar surface area (TPSA) is 101 Å². The van der Waals surface area contributed by atoms with E-state index in [0.717, 1.165) is 6.26 Å². The smallest absolute Gasteiger partial charge is 0.332 e. The van der Waals surface area contributed by atoms with Crippen LogP contribution in [0.25, 0.3) is 0 Å². The Labute approximate surface area is 121 Å². The van der Waals surface area contributed by atoms with Gasteiger partial charge in [-0.15, -0.1) is 0 Å². The summed E-state index contributed by atoms with van der Waals surface area (Å²) in [6.07, 6.45) is -0.115. The van der Waals surface area contributed by atoms with Crippen LogP contribution in [0.15, 0.2) is 0 Å². The van der Waals surface area contributed by atoms with Crippen LogP contribution in [0.4, 0.5) is 0 Å². The number of carboxylic acids is 1. The first-order chi connectivity index (χ1) is 9.30. The molecule has 2 rings (SSSR count). The van der Waals surface area contributed by atoms with Crippen LogP contribution in [0, 0.1) is 0 Å². The van der Waals surface area contributed by atoms with Crippen LogP contribution in [0.3, 0.4) is 0 Å². The van der Waals surface area contributed by atoms with Crippen LogP contribution in [-0.2, 0) is 24.2 Å². The molecule has 0 aliphatic carbocycles. The fourth-order valence-corrected chi connectivity index (χ4v) is 5.20. The fraction of sp³-hybridized carbons (Fsp3) is 0.818. The number of sulfone groups is 1. The first-order valence-electron chi connectivity index (χ1n) is 6.26. The number of ether oxygens (including phenoxy) is 1. The summed E-state index contributed by atoms with van der Waals surface area (Å²) in [5.41, 5.74) is 0. The average Bonchev–Trinajstić information content (AvgIpc) is 2.86. The molecule has 2 saturated heterocycles. The van der Waals surface area contributed by atoms with Crippen molar-refractivity contribution < 1.29 is 27.9 Å². The highest BCUT2D eigenvalue weighted by Crippen LogP contribution is 2.26. The Morgan fingerprint density at radius 2 is 1.95 bits per heavy atom. The minimum atomic E-state index is -3.37. The van der Waals surface area contributed by atoms with Gasteiger partial charge in [-0.3, -0.25) is 4.79 Å². The van der Waals surface area contributed by atoms with Gasteiger partial charge in [-0.25, -0.2) is 13.2 Å². The minimum Gasteiger partial charge on any atom is -0.479 e. The Hall–Kier alpha value is -0.800. The molecule has 9 heteroatoms. The molecule has 2 aliphatic heterocycles. The lowest BCUT2D eigenvalue weighted by molar-refractivity contribution is -0.154. The van der Waals surface area contributed by atoms with Gasteiger partial charge >= 0.3 is 5.97 Å². The molecule has 20 heavy (non-hydrogen) atoms. The Bertz CT molecular complexity index is 505. The van der Waals surface area contributed by atoms with Gasteiger partial charge in [-0.1, -0.05) is 0 Å². The molecule has 0 aromatic heterocycles. The van der Waals surface area contributed by atoms with Gasteiger partial charge in [0.2, 0.25) is 0 Å². The Balaban J connectivity index is 2.09. The number of hydrogen-bond donors (Lipinski definition) is 1. The maximum absolute atomic E-state index is 12.4. The molecule has 114 valence electrons. The van der Waals surface area contributed by atoms with Gasteiger partial charge in [0.05, 0.1) is 0 Å². The normalized spacial score (nSPS) is 31.2. The van der Waals surface area contributed by atoms with E-state index in [-0.39, 0.29) is 6.42 Å². The third-order valence-electron chi connectivity index (χ3n) is 3.43. The molecule has 0 aromatic carbocycles. The number of rotatable bonds is 3. The molecule has 7 nitrogen and oxygen atoms in total. The largest absolute Gasteiger partial charge is 0.479 e. The van der Waals surface area contributed by atoms with E-state index in [2.05, 4.69) is 0 Å². The highest BCUT2D eigenvalue weighted by Gasteiger charge is 2.41. The standard InChI is InChI=1S/C11H17NO6S2/c1-20(16,17)9-6-19-5-4-12(9)10(13)7-2-3-8(18-7)11(14)15/h7-9H,2-6H2,1H3,(H,14,15)/t7-,8+,9?/m0/s1. The van der Waals surface area contributed by atoms with Crippen molar-refractivity contribution in [1.29, 1.82) is 0 Å². The minimum absolute atomic E-state index is 0.276. The summed E-state index contributed by atoms with van der Waals surface area (Å²) >= 11 is 1.49. The number of amides is 1. The number of carboxylic acid groups (broad SMARTS) is 1. The Morgan fingerprint density at radius 3 is 2.50 bits per heavy atom. The highest BCUT2D eigenvalue weighted by molar-refractivity contribution is 8.00. The summed E-state index contributed by atoms with van der Waals surface area (Å²) < 4.78 is 28.7. The molecule has 0 aromatic rings. The summed E-state index contributed by atoms with van der Waals surface area (Å²) in [6, 6.07) is 0. The summed E-state index contributed by atoms with van der Waals surface area (Å²) in [5.74, 6) is -0.481. The summed E-state index contributed by atoms with van der Waals surface area (Å²) in [7, 11) is -3.37. The van der Waals surface area contributed by atoms with E-state index >= 15 is 0 Å². The summed E-state index contributed by atoms with van der Waals surface area (Å²) in [5, 5.41) is 8.01. The van der Waals surface area contributed by atoms with Crippen LogP contribution in [0.5, 0.6) is 0 Å². The van der Waals surface area contributed by atoms with Crippen LogP contribution < -0.4 is 0 Å². The molecule has 3 atom stereocenters. The number of aliphatic carboxylic acids is 1. The van der Waals surface area contributed by atoms with Gasteiger partial charge in [0.1, 0.15) is 11.5 Å². The molecule has 2 heterocycles. The maximum atomic E-state index is 12.4. The number of hydrogen-bond acceptors (Lipinski definition) is 6. The van der Waals surface area contributed by atoms with Crippen molar-refractivity contribution in [3.8, 4) is 0 Å². The van der Waals surface area contributed by atoms with E-state index in [1.165, 1.54) is 16.7 Å². The second kappa shape index (κ2) is 5.90. The van der Waals surface area contributed by atoms with Gasteiger partial charge in [-0.05, 0) is 12.8 Å². The van der Waals surface area contributed by atoms with Crippen molar-refractivity contribution in [3.05, 3.63) is 0 Å². The average molecular weight is 323 g/mol. The second-order valence-corrected chi connectivity index (χ2v) is 8.27. The second-order valence-electron chi connectivity index (χ2n) is 4.92. The molecule has 0 bridgehead atoms. The van der Waals surface area contributed by atoms with Crippen LogP contribution >= 0.6 is 11.8 Å². The predicted molar refractivity (Wildman–Crippen MR) is 73.2 cm³/mol. The van der Waals surface area contributed by atoms with Crippen molar-refractivity contribution in [2.75, 3.05) is 24.3 Å². The highest BCUT2D eigenvalue weighted by atomic mass is 32.2. The zero-order valence-electron chi connectivity index (χ0n) is 11.0. The van der Waals surface area contributed by atoms with E-state index < -0.39 is 39.3 Å². The van der Waals surface area contributed by atoms with Gasteiger partial charge < -0.3 is 14.7 Å². The maximum Gasteiger partial charge on any atom is 0.332 e. The van der Waals surface area contributed by atoms with E-state index in [4.69, 9.17) is 9.84 Å². The monoisotopic (exact) mass is 323 g/mol. The molecule has 2 aliphatic rings. The number of carbonyl (C=O) groups is 2. The lowest BCUT2D eigenvalue weighted by atomic mass is 10.2. The zero-order valence-corrected chi connectivity index (χ0v) is 12.7. The number of carbonyl (C=O) groups excluding carboxylic acids is 1. The van der Waals surface area contributed by atoms with Gasteiger partial charge in [0, 0.05) is 24.3 Å². The molecule has 1 amide bonds. The number of nitrogens with zero attached hydrogens (tertiary/aromatic N) is 1. The van der Waals surface area contributed by atoms with E-state index in [1.54, 1.807) is 0 Å². The Kier molecular flexibility index (Phi) is 4.60. The quantitative estimate of drug-likeness (QED) is 0.751. The summed E-state index contributed by atoms with van der Waals surface area (Å²) in [4.78, 5) is 24.5. The van der Waals surface area contributed by atoms with Gasteiger partial charge in [-0.2, -0.15) is 11.8 Å². The van der Waals surface area contributed by atoms with Gasteiger partial charge in [0.15, 0.2) is 15.9 Å². The fourth-order valence-electron chi connectivity index (χ4n) is 2.37. The van der Waals surface area contributed by atoms with Crippen molar-refractivity contribution in [2.24, 2.45) is 0 Å². The molecule has 0 radical (unpaired) electrons. The third-order valence-corrected chi connectivity index (χ3v) is 6.08. The molecule has 0 saturated carbocycles. The Morgan fingerprint density at radius 1 is 1.30 bits per heavy atom. The lowest BCUT2D eigenvalue weighted by Gasteiger charge is -2.35. The first kappa shape index (κ1) is 15.6. The summed E-state index contributed by atoms with van der Waals surface area (Å²) in [6.45, 7) is 0.346. The SMILES string of the molecule is CS(=O)(=O)C1CSCCN1C(=O)[C@@H]1CC[C@H](C(=O)O)O1. The van der Waals surface area contributed by atoms with Crippen molar-refractivity contribution in [3.63, 3.8) is 0 Å². The van der Waals surface area contributed by atoms with Crippen LogP contribution in [0.2, 0.25) is 0 Å². The molecule has 2 fully saturated rings. The molecule has 1 N–H and O–H groups in total. The molecule has 1 unspecified atom stereocenters. The van der Waals surface area contributed by atoms with Crippen LogP contribution in [-0.4, -0.2) is 72.2 Å². The zero-order chi connectivity index (χ0) is 14.9. The van der Waals surface area contributed by atoms with Crippen molar-refractivity contribution in [2.45, 2.75) is 30.4 Å². The molecular weight excluding hydrogens is 306 g/mol. The first-order valence-corrected chi connectivity index (χ1v) is 9.37. The van der Waals surface area contributed by atoms with Crippen molar-refractivity contribution >= 4 is 33.5 Å². The predicted octanol–water partition coefficient (Wildman–Crippen LogP) is -0.435. The van der Waals surface area contributed by atoms with E-state index in [9.17, 15) is 18.0 Å². The molecule has 0 spiro atoms.